The summed E-state index contributed by atoms with van der Waals surface area (Å²) in [6.07, 6.45) is 0. The van der Waals surface area contributed by atoms with Crippen LogP contribution in [0.5, 0.6) is 0 Å². The molecule has 0 saturated carbocycles. The van der Waals surface area contributed by atoms with E-state index in [1.54, 1.807) is 6.07 Å². The lowest BCUT2D eigenvalue weighted by Gasteiger charge is -2.18. The molecule has 8 heteroatoms. The monoisotopic (exact) mass is 247 g/mol. The summed E-state index contributed by atoms with van der Waals surface area (Å²) in [6.45, 7) is 0. The summed E-state index contributed by atoms with van der Waals surface area (Å²) in [5, 5.41) is 1.25. The third-order valence-electron chi connectivity index (χ3n) is 1.90. The van der Waals surface area contributed by atoms with Gasteiger partial charge in [0.05, 0.1) is 10.4 Å². The van der Waals surface area contributed by atoms with Gasteiger partial charge in [0, 0.05) is 5.39 Å². The predicted octanol–water partition coefficient (Wildman–Crippen LogP) is 2.16. The first-order valence-corrected chi connectivity index (χ1v) is 6.17. The SMILES string of the molecule is NNc1snc2ccc(S(O)(O)O)cc12. The van der Waals surface area contributed by atoms with Gasteiger partial charge in [-0.25, -0.2) is 5.84 Å². The molecule has 0 radical (unpaired) electrons. The Morgan fingerprint density at radius 1 is 1.33 bits per heavy atom. The van der Waals surface area contributed by atoms with Crippen LogP contribution in [0.3, 0.4) is 0 Å². The number of anilines is 1. The molecular weight excluding hydrogens is 238 g/mol. The molecule has 15 heavy (non-hydrogen) atoms. The van der Waals surface area contributed by atoms with E-state index >= 15 is 0 Å². The van der Waals surface area contributed by atoms with Gasteiger partial charge in [0.1, 0.15) is 15.9 Å². The molecule has 0 amide bonds. The highest BCUT2D eigenvalue weighted by Gasteiger charge is 2.17. The van der Waals surface area contributed by atoms with E-state index in [1.807, 2.05) is 0 Å². The minimum absolute atomic E-state index is 0.0479. The molecule has 1 heterocycles. The molecule has 6 N–H and O–H groups in total. The molecule has 2 aromatic rings. The number of rotatable bonds is 2. The summed E-state index contributed by atoms with van der Waals surface area (Å²) >= 11 is 1.16. The summed E-state index contributed by atoms with van der Waals surface area (Å²) in [6, 6.07) is 4.45. The zero-order chi connectivity index (χ0) is 11.1. The second-order valence-corrected chi connectivity index (χ2v) is 5.14. The molecule has 1 aromatic carbocycles. The van der Waals surface area contributed by atoms with Crippen molar-refractivity contribution in [3.8, 4) is 0 Å². The molecule has 0 unspecified atom stereocenters. The minimum atomic E-state index is -3.69. The normalized spacial score (nSPS) is 13.1. The third-order valence-corrected chi connectivity index (χ3v) is 3.59. The summed E-state index contributed by atoms with van der Waals surface area (Å²) < 4.78 is 31.3. The average molecular weight is 247 g/mol. The fourth-order valence-electron chi connectivity index (χ4n) is 1.20. The maximum Gasteiger partial charge on any atom is 0.131 e. The summed E-state index contributed by atoms with van der Waals surface area (Å²) in [5.74, 6) is 5.26. The lowest BCUT2D eigenvalue weighted by molar-refractivity contribution is 0.376. The smallest absolute Gasteiger partial charge is 0.131 e. The van der Waals surface area contributed by atoms with E-state index in [-0.39, 0.29) is 4.90 Å². The van der Waals surface area contributed by atoms with Crippen molar-refractivity contribution in [2.75, 3.05) is 5.43 Å². The van der Waals surface area contributed by atoms with Gasteiger partial charge in [-0.3, -0.25) is 0 Å². The Labute approximate surface area is 91.0 Å². The van der Waals surface area contributed by atoms with Gasteiger partial charge >= 0.3 is 0 Å². The van der Waals surface area contributed by atoms with E-state index < -0.39 is 10.9 Å². The van der Waals surface area contributed by atoms with E-state index in [0.29, 0.717) is 15.9 Å². The van der Waals surface area contributed by atoms with Gasteiger partial charge < -0.3 is 19.1 Å². The topological polar surface area (TPSA) is 112 Å². The van der Waals surface area contributed by atoms with Crippen molar-refractivity contribution in [3.63, 3.8) is 0 Å². The molecule has 0 spiro atoms. The molecule has 82 valence electrons. The van der Waals surface area contributed by atoms with Crippen molar-refractivity contribution < 1.29 is 13.7 Å². The number of aromatic nitrogens is 1. The van der Waals surface area contributed by atoms with E-state index in [2.05, 4.69) is 9.80 Å². The van der Waals surface area contributed by atoms with Crippen LogP contribution < -0.4 is 11.3 Å². The Morgan fingerprint density at radius 2 is 2.07 bits per heavy atom. The van der Waals surface area contributed by atoms with Gasteiger partial charge in [-0.1, -0.05) is 0 Å². The summed E-state index contributed by atoms with van der Waals surface area (Å²) in [5.41, 5.74) is 3.13. The maximum atomic E-state index is 9.08. The van der Waals surface area contributed by atoms with Crippen molar-refractivity contribution in [2.24, 2.45) is 5.84 Å². The van der Waals surface area contributed by atoms with Gasteiger partial charge in [-0.2, -0.15) is 4.37 Å². The van der Waals surface area contributed by atoms with Crippen LogP contribution in [0.25, 0.3) is 10.9 Å². The van der Waals surface area contributed by atoms with Crippen LogP contribution in [-0.4, -0.2) is 18.0 Å². The van der Waals surface area contributed by atoms with Crippen LogP contribution in [0, 0.1) is 0 Å². The molecule has 0 aliphatic heterocycles. The number of benzene rings is 1. The Balaban J connectivity index is 2.63. The molecular formula is C7H9N3O3S2. The van der Waals surface area contributed by atoms with E-state index in [4.69, 9.17) is 19.5 Å². The Hall–Kier alpha value is -0.900. The Morgan fingerprint density at radius 3 is 2.67 bits per heavy atom. The number of nitrogen functional groups attached to an aromatic ring is 1. The quantitative estimate of drug-likeness (QED) is 0.410. The first kappa shape index (κ1) is 10.6. The molecule has 1 aromatic heterocycles. The highest BCUT2D eigenvalue weighted by molar-refractivity contribution is 8.19. The van der Waals surface area contributed by atoms with Crippen LogP contribution in [0.4, 0.5) is 5.00 Å². The third kappa shape index (κ3) is 1.91. The number of nitrogens with one attached hydrogen (secondary N) is 1. The van der Waals surface area contributed by atoms with Gasteiger partial charge in [0.15, 0.2) is 0 Å². The van der Waals surface area contributed by atoms with Gasteiger partial charge in [0.2, 0.25) is 0 Å². The van der Waals surface area contributed by atoms with Crippen LogP contribution in [0.1, 0.15) is 0 Å². The number of nitrogens with two attached hydrogens (primary N) is 1. The highest BCUT2D eigenvalue weighted by Crippen LogP contribution is 2.45. The predicted molar refractivity (Wildman–Crippen MR) is 61.2 cm³/mol. The number of fused-ring (bicyclic) bond motifs is 1. The fraction of sp³-hybridized carbons (Fsp3) is 0. The lowest BCUT2D eigenvalue weighted by Crippen LogP contribution is -2.05. The molecule has 0 saturated heterocycles. The van der Waals surface area contributed by atoms with Crippen molar-refractivity contribution in [2.45, 2.75) is 4.90 Å². The van der Waals surface area contributed by atoms with E-state index in [0.717, 1.165) is 11.5 Å². The maximum absolute atomic E-state index is 9.08. The summed E-state index contributed by atoms with van der Waals surface area (Å²) in [7, 11) is -3.69. The number of hydrogen-bond acceptors (Lipinski definition) is 7. The first-order valence-electron chi connectivity index (χ1n) is 3.89. The molecule has 0 bridgehead atoms. The zero-order valence-electron chi connectivity index (χ0n) is 7.41. The largest absolute Gasteiger partial charge is 0.314 e. The number of hydrazine groups is 1. The molecule has 2 rings (SSSR count). The Kier molecular flexibility index (Phi) is 2.54. The van der Waals surface area contributed by atoms with E-state index in [9.17, 15) is 0 Å². The minimum Gasteiger partial charge on any atom is -0.314 e. The first-order chi connectivity index (χ1) is 7.02. The average Bonchev–Trinajstić information content (AvgIpc) is 2.57. The number of hydrogen-bond donors (Lipinski definition) is 5. The standard InChI is InChI=1S/C7H9N3O3S2/c8-9-7-5-3-4(15(11,12)13)1-2-6(5)10-14-7/h1-3,9,11-13H,8H2. The van der Waals surface area contributed by atoms with Crippen LogP contribution in [0.2, 0.25) is 0 Å². The van der Waals surface area contributed by atoms with Crippen molar-refractivity contribution in [1.82, 2.24) is 4.37 Å². The van der Waals surface area contributed by atoms with Crippen LogP contribution >= 0.6 is 22.4 Å². The van der Waals surface area contributed by atoms with E-state index in [1.165, 1.54) is 12.1 Å². The van der Waals surface area contributed by atoms with Gasteiger partial charge in [0.25, 0.3) is 0 Å². The van der Waals surface area contributed by atoms with Gasteiger partial charge in [-0.05, 0) is 29.7 Å². The molecule has 0 aliphatic carbocycles. The summed E-state index contributed by atoms with van der Waals surface area (Å²) in [4.78, 5) is 0.0479. The van der Waals surface area contributed by atoms with Gasteiger partial charge in [-0.15, -0.1) is 0 Å². The highest BCUT2D eigenvalue weighted by atomic mass is 32.3. The molecule has 0 fully saturated rings. The van der Waals surface area contributed by atoms with Crippen LogP contribution in [-0.2, 0) is 0 Å². The van der Waals surface area contributed by atoms with Crippen molar-refractivity contribution in [1.29, 1.82) is 0 Å². The second-order valence-electron chi connectivity index (χ2n) is 2.85. The van der Waals surface area contributed by atoms with Crippen LogP contribution in [0.15, 0.2) is 23.1 Å². The zero-order valence-corrected chi connectivity index (χ0v) is 9.05. The fourth-order valence-corrected chi connectivity index (χ4v) is 2.39. The van der Waals surface area contributed by atoms with Crippen molar-refractivity contribution >= 4 is 38.3 Å². The second kappa shape index (κ2) is 3.59. The molecule has 6 nitrogen and oxygen atoms in total. The lowest BCUT2D eigenvalue weighted by atomic mass is 10.2. The Bertz CT molecular complexity index is 494. The molecule has 0 atom stereocenters. The van der Waals surface area contributed by atoms with Crippen molar-refractivity contribution in [3.05, 3.63) is 18.2 Å². The number of nitrogens with zero attached hydrogens (tertiary/aromatic N) is 1. The molecule has 0 aliphatic rings.